The fourth-order valence-corrected chi connectivity index (χ4v) is 2.97. The molecule has 12 heteroatoms. The highest BCUT2D eigenvalue weighted by Crippen LogP contribution is 2.43. The highest BCUT2D eigenvalue weighted by atomic mass is 32.1. The summed E-state index contributed by atoms with van der Waals surface area (Å²) in [6.07, 6.45) is -2.89. The van der Waals surface area contributed by atoms with Gasteiger partial charge in [0.2, 0.25) is 10.5 Å². The maximum atomic E-state index is 15.2. The second-order valence-electron chi connectivity index (χ2n) is 6.66. The zero-order valence-electron chi connectivity index (χ0n) is 14.8. The summed E-state index contributed by atoms with van der Waals surface area (Å²) in [5, 5.41) is 30.4. The maximum absolute atomic E-state index is 15.2. The summed E-state index contributed by atoms with van der Waals surface area (Å²) in [5.41, 5.74) is 8.94. The van der Waals surface area contributed by atoms with Crippen molar-refractivity contribution in [1.82, 2.24) is 9.55 Å². The minimum atomic E-state index is -3.02. The van der Waals surface area contributed by atoms with Crippen molar-refractivity contribution in [3.05, 3.63) is 17.0 Å². The second-order valence-corrected chi connectivity index (χ2v) is 7.03. The molecule has 0 spiro atoms. The molecule has 1 aliphatic heterocycles. The summed E-state index contributed by atoms with van der Waals surface area (Å²) in [7, 11) is 0. The molecule has 152 valence electrons. The molecule has 0 saturated carbocycles. The first-order valence-electron chi connectivity index (χ1n) is 8.12. The minimum Gasteiger partial charge on any atom is -0.458 e. The van der Waals surface area contributed by atoms with E-state index in [1.807, 2.05) is 0 Å². The number of ether oxygens (including phenoxy) is 2. The van der Waals surface area contributed by atoms with Gasteiger partial charge in [-0.25, -0.2) is 9.37 Å². The van der Waals surface area contributed by atoms with Gasteiger partial charge in [-0.15, -0.1) is 0 Å². The van der Waals surface area contributed by atoms with Crippen LogP contribution in [0.15, 0.2) is 12.3 Å². The van der Waals surface area contributed by atoms with E-state index in [0.29, 0.717) is 0 Å². The third-order valence-electron chi connectivity index (χ3n) is 4.41. The molecular weight excluding hydrogens is 383 g/mol. The first-order valence-corrected chi connectivity index (χ1v) is 8.53. The zero-order chi connectivity index (χ0) is 20.6. The standard InChI is InChI=1S/C15H23FN4O6S/c1-7(2)9(18)12(24)25-6-14(16)10(22)11(23)15(5-21,26-14)20-4-3-8(17)19-13(20)27/h3-4,7,9-11,21-23H,5-6,18H2,1-2H3,(H2,17,19,27)/t9-,10-,11+,14+,15+/m0/s1. The van der Waals surface area contributed by atoms with Crippen LogP contribution >= 0.6 is 12.2 Å². The Hall–Kier alpha value is -1.70. The number of aliphatic hydroxyl groups is 3. The third kappa shape index (κ3) is 3.81. The molecule has 27 heavy (non-hydrogen) atoms. The second kappa shape index (κ2) is 7.73. The van der Waals surface area contributed by atoms with Gasteiger partial charge >= 0.3 is 5.97 Å². The summed E-state index contributed by atoms with van der Waals surface area (Å²) >= 11 is 5.01. The van der Waals surface area contributed by atoms with Crippen LogP contribution in [0.3, 0.4) is 0 Å². The van der Waals surface area contributed by atoms with Gasteiger partial charge in [-0.05, 0) is 24.2 Å². The van der Waals surface area contributed by atoms with Crippen molar-refractivity contribution in [2.24, 2.45) is 11.7 Å². The molecule has 2 heterocycles. The van der Waals surface area contributed by atoms with Gasteiger partial charge in [-0.3, -0.25) is 9.36 Å². The highest BCUT2D eigenvalue weighted by Gasteiger charge is 2.65. The lowest BCUT2D eigenvalue weighted by Gasteiger charge is -2.32. The molecule has 5 atom stereocenters. The summed E-state index contributed by atoms with van der Waals surface area (Å²) in [4.78, 5) is 15.6. The SMILES string of the molecule is CC(C)[C@H](N)C(=O)OC[C@@]1(F)O[C@@](CO)(n2ccc(N)nc2=S)[C@H](O)[C@@H]1O. The number of aliphatic hydroxyl groups excluding tert-OH is 3. The van der Waals surface area contributed by atoms with Crippen molar-refractivity contribution in [1.29, 1.82) is 0 Å². The van der Waals surface area contributed by atoms with Gasteiger partial charge in [0.1, 0.15) is 24.1 Å². The van der Waals surface area contributed by atoms with Crippen molar-refractivity contribution in [3.63, 3.8) is 0 Å². The number of carbonyl (C=O) groups is 1. The lowest BCUT2D eigenvalue weighted by Crippen LogP contribution is -2.49. The van der Waals surface area contributed by atoms with Gasteiger partial charge in [0.25, 0.3) is 5.85 Å². The Kier molecular flexibility index (Phi) is 6.19. The predicted octanol–water partition coefficient (Wildman–Crippen LogP) is -1.22. The number of carbonyl (C=O) groups excluding carboxylic acids is 1. The van der Waals surface area contributed by atoms with Crippen molar-refractivity contribution in [2.75, 3.05) is 18.9 Å². The average Bonchev–Trinajstić information content (AvgIpc) is 2.81. The molecule has 1 aliphatic rings. The molecule has 0 aromatic carbocycles. The van der Waals surface area contributed by atoms with E-state index >= 15 is 4.39 Å². The number of alkyl halides is 1. The molecule has 0 radical (unpaired) electrons. The van der Waals surface area contributed by atoms with E-state index in [0.717, 1.165) is 4.57 Å². The lowest BCUT2D eigenvalue weighted by molar-refractivity contribution is -0.259. The summed E-state index contributed by atoms with van der Waals surface area (Å²) in [5.74, 6) is -4.13. The topological polar surface area (TPSA) is 166 Å². The quantitative estimate of drug-likeness (QED) is 0.285. The number of halogens is 1. The molecule has 0 aliphatic carbocycles. The van der Waals surface area contributed by atoms with Gasteiger partial charge in [0, 0.05) is 6.20 Å². The first kappa shape index (κ1) is 21.6. The molecule has 7 N–H and O–H groups in total. The fourth-order valence-electron chi connectivity index (χ4n) is 2.65. The first-order chi connectivity index (χ1) is 12.5. The monoisotopic (exact) mass is 406 g/mol. The minimum absolute atomic E-state index is 0.0560. The average molecular weight is 406 g/mol. The summed E-state index contributed by atoms with van der Waals surface area (Å²) in [6.45, 7) is 1.33. The Labute approximate surface area is 159 Å². The molecule has 10 nitrogen and oxygen atoms in total. The maximum Gasteiger partial charge on any atom is 0.323 e. The van der Waals surface area contributed by atoms with Crippen LogP contribution in [0.5, 0.6) is 0 Å². The Morgan fingerprint density at radius 3 is 2.67 bits per heavy atom. The highest BCUT2D eigenvalue weighted by molar-refractivity contribution is 7.71. The van der Waals surface area contributed by atoms with Gasteiger partial charge in [-0.2, -0.15) is 0 Å². The summed E-state index contributed by atoms with van der Waals surface area (Å²) in [6, 6.07) is 0.282. The van der Waals surface area contributed by atoms with E-state index in [4.69, 9.17) is 33.2 Å². The Morgan fingerprint density at radius 2 is 2.15 bits per heavy atom. The number of anilines is 1. The Balaban J connectivity index is 2.31. The number of rotatable bonds is 6. The molecule has 2 rings (SSSR count). The van der Waals surface area contributed by atoms with Crippen LogP contribution < -0.4 is 11.5 Å². The Bertz CT molecular complexity index is 764. The lowest BCUT2D eigenvalue weighted by atomic mass is 10.0. The van der Waals surface area contributed by atoms with E-state index in [9.17, 15) is 20.1 Å². The number of esters is 1. The van der Waals surface area contributed by atoms with Crippen LogP contribution in [0.4, 0.5) is 10.2 Å². The van der Waals surface area contributed by atoms with E-state index in [1.54, 1.807) is 13.8 Å². The number of nitrogens with two attached hydrogens (primary N) is 2. The van der Waals surface area contributed by atoms with Crippen LogP contribution in [0, 0.1) is 10.7 Å². The number of hydrogen-bond donors (Lipinski definition) is 5. The van der Waals surface area contributed by atoms with Crippen molar-refractivity contribution in [2.45, 2.75) is 43.7 Å². The number of aromatic nitrogens is 2. The zero-order valence-corrected chi connectivity index (χ0v) is 15.6. The van der Waals surface area contributed by atoms with E-state index < -0.39 is 49.0 Å². The molecule has 1 aromatic rings. The van der Waals surface area contributed by atoms with Crippen molar-refractivity contribution in [3.8, 4) is 0 Å². The smallest absolute Gasteiger partial charge is 0.323 e. The van der Waals surface area contributed by atoms with E-state index in [-0.39, 0.29) is 16.5 Å². The Morgan fingerprint density at radius 1 is 1.52 bits per heavy atom. The fraction of sp³-hybridized carbons (Fsp3) is 0.667. The molecule has 1 fully saturated rings. The normalized spacial score (nSPS) is 31.9. The van der Waals surface area contributed by atoms with Crippen molar-refractivity contribution >= 4 is 24.0 Å². The largest absolute Gasteiger partial charge is 0.458 e. The third-order valence-corrected chi connectivity index (χ3v) is 4.70. The number of hydrogen-bond acceptors (Lipinski definition) is 10. The van der Waals surface area contributed by atoms with Gasteiger partial charge < -0.3 is 36.3 Å². The molecule has 0 unspecified atom stereocenters. The molecule has 0 bridgehead atoms. The van der Waals surface area contributed by atoms with Crippen LogP contribution in [-0.2, 0) is 20.0 Å². The van der Waals surface area contributed by atoms with Crippen molar-refractivity contribution < 1.29 is 34.0 Å². The molecule has 1 aromatic heterocycles. The number of nitrogens with zero attached hydrogens (tertiary/aromatic N) is 2. The number of nitrogen functional groups attached to an aromatic ring is 1. The summed E-state index contributed by atoms with van der Waals surface area (Å²) < 4.78 is 25.9. The van der Waals surface area contributed by atoms with Gasteiger partial charge in [-0.1, -0.05) is 13.8 Å². The molecule has 0 amide bonds. The predicted molar refractivity (Wildman–Crippen MR) is 93.2 cm³/mol. The van der Waals surface area contributed by atoms with Crippen LogP contribution in [0.1, 0.15) is 13.8 Å². The van der Waals surface area contributed by atoms with E-state index in [1.165, 1.54) is 12.3 Å². The van der Waals surface area contributed by atoms with Gasteiger partial charge in [0.05, 0.1) is 6.61 Å². The van der Waals surface area contributed by atoms with Crippen LogP contribution in [0.25, 0.3) is 0 Å². The van der Waals surface area contributed by atoms with Crippen LogP contribution in [0.2, 0.25) is 0 Å². The van der Waals surface area contributed by atoms with Crippen LogP contribution in [-0.4, -0.2) is 68.2 Å². The van der Waals surface area contributed by atoms with Gasteiger partial charge in [0.15, 0.2) is 6.61 Å². The molecule has 1 saturated heterocycles. The molecular formula is C15H23FN4O6S. The van der Waals surface area contributed by atoms with E-state index in [2.05, 4.69) is 4.98 Å².